The van der Waals surface area contributed by atoms with Gasteiger partial charge in [0.1, 0.15) is 0 Å². The number of anilines is 2. The quantitative estimate of drug-likeness (QED) is 0.788. The van der Waals surface area contributed by atoms with Crippen LogP contribution in [0.4, 0.5) is 11.5 Å². The third kappa shape index (κ3) is 2.71. The number of carbonyl (C=O) groups is 1. The van der Waals surface area contributed by atoms with E-state index >= 15 is 0 Å². The molecule has 84 valence electrons. The zero-order valence-corrected chi connectivity index (χ0v) is 9.45. The van der Waals surface area contributed by atoms with Crippen LogP contribution in [0.1, 0.15) is 26.7 Å². The molecular weight excluding hydrogens is 192 g/mol. The molecule has 0 aliphatic heterocycles. The van der Waals surface area contributed by atoms with Crippen molar-refractivity contribution in [1.82, 2.24) is 9.78 Å². The number of carbonyl (C=O) groups excluding carboxylic acids is 1. The number of rotatable bonds is 4. The molecule has 0 aliphatic carbocycles. The summed E-state index contributed by atoms with van der Waals surface area (Å²) in [7, 11) is 1.75. The van der Waals surface area contributed by atoms with Crippen molar-refractivity contribution in [3.8, 4) is 0 Å². The Morgan fingerprint density at radius 2 is 2.40 bits per heavy atom. The van der Waals surface area contributed by atoms with Gasteiger partial charge in [0.05, 0.1) is 11.9 Å². The molecule has 0 bridgehead atoms. The number of aryl methyl sites for hydroxylation is 1. The second-order valence-electron chi connectivity index (χ2n) is 3.75. The molecule has 1 amide bonds. The molecule has 1 rings (SSSR count). The van der Waals surface area contributed by atoms with E-state index in [1.54, 1.807) is 11.7 Å². The average Bonchev–Trinajstić information content (AvgIpc) is 2.49. The van der Waals surface area contributed by atoms with Crippen LogP contribution in [0.2, 0.25) is 0 Å². The van der Waals surface area contributed by atoms with Crippen molar-refractivity contribution in [3.05, 3.63) is 6.20 Å². The Morgan fingerprint density at radius 1 is 1.73 bits per heavy atom. The van der Waals surface area contributed by atoms with E-state index in [1.165, 1.54) is 6.20 Å². The zero-order chi connectivity index (χ0) is 11.4. The second kappa shape index (κ2) is 4.82. The molecule has 1 heterocycles. The molecule has 0 aromatic carbocycles. The number of hydrogen-bond donors (Lipinski definition) is 2. The van der Waals surface area contributed by atoms with Gasteiger partial charge in [-0.1, -0.05) is 20.3 Å². The molecule has 0 saturated heterocycles. The fourth-order valence-electron chi connectivity index (χ4n) is 1.41. The van der Waals surface area contributed by atoms with Gasteiger partial charge < -0.3 is 11.1 Å². The lowest BCUT2D eigenvalue weighted by Crippen LogP contribution is -2.22. The standard InChI is InChI=1S/C10H18N4O/c1-4-5-7(2)10(15)13-9-8(11)6-12-14(9)3/h6-7H,4-5,11H2,1-3H3,(H,13,15). The predicted octanol–water partition coefficient (Wildman–Crippen LogP) is 1.38. The summed E-state index contributed by atoms with van der Waals surface area (Å²) in [5.41, 5.74) is 6.16. The molecule has 0 saturated carbocycles. The van der Waals surface area contributed by atoms with E-state index < -0.39 is 0 Å². The van der Waals surface area contributed by atoms with Crippen LogP contribution < -0.4 is 11.1 Å². The maximum atomic E-state index is 11.7. The van der Waals surface area contributed by atoms with Crippen LogP contribution in [-0.4, -0.2) is 15.7 Å². The maximum Gasteiger partial charge on any atom is 0.228 e. The van der Waals surface area contributed by atoms with Gasteiger partial charge >= 0.3 is 0 Å². The number of nitrogens with two attached hydrogens (primary N) is 1. The highest BCUT2D eigenvalue weighted by Crippen LogP contribution is 2.17. The number of amides is 1. The van der Waals surface area contributed by atoms with Gasteiger partial charge in [-0.15, -0.1) is 0 Å². The molecule has 5 nitrogen and oxygen atoms in total. The van der Waals surface area contributed by atoms with Crippen molar-refractivity contribution in [1.29, 1.82) is 0 Å². The SMILES string of the molecule is CCCC(C)C(=O)Nc1c(N)cnn1C. The molecule has 1 aromatic rings. The first-order valence-corrected chi connectivity index (χ1v) is 5.14. The van der Waals surface area contributed by atoms with Gasteiger partial charge in [-0.05, 0) is 6.42 Å². The molecule has 0 radical (unpaired) electrons. The van der Waals surface area contributed by atoms with Crippen molar-refractivity contribution in [3.63, 3.8) is 0 Å². The third-order valence-corrected chi connectivity index (χ3v) is 2.38. The lowest BCUT2D eigenvalue weighted by Gasteiger charge is -2.11. The van der Waals surface area contributed by atoms with Crippen molar-refractivity contribution in [2.75, 3.05) is 11.1 Å². The summed E-state index contributed by atoms with van der Waals surface area (Å²) in [6.45, 7) is 3.97. The van der Waals surface area contributed by atoms with Crippen molar-refractivity contribution < 1.29 is 4.79 Å². The van der Waals surface area contributed by atoms with Gasteiger partial charge in [-0.3, -0.25) is 9.48 Å². The van der Waals surface area contributed by atoms with Crippen LogP contribution in [0, 0.1) is 5.92 Å². The molecular formula is C10H18N4O. The summed E-state index contributed by atoms with van der Waals surface area (Å²) >= 11 is 0. The normalized spacial score (nSPS) is 12.5. The minimum atomic E-state index is -0.00727. The van der Waals surface area contributed by atoms with Gasteiger partial charge in [0, 0.05) is 13.0 Å². The second-order valence-corrected chi connectivity index (χ2v) is 3.75. The zero-order valence-electron chi connectivity index (χ0n) is 9.45. The molecule has 5 heteroatoms. The summed E-state index contributed by atoms with van der Waals surface area (Å²) in [5.74, 6) is 0.569. The highest BCUT2D eigenvalue weighted by atomic mass is 16.2. The van der Waals surface area contributed by atoms with Gasteiger partial charge in [-0.25, -0.2) is 0 Å². The van der Waals surface area contributed by atoms with E-state index in [4.69, 9.17) is 5.73 Å². The van der Waals surface area contributed by atoms with Crippen molar-refractivity contribution in [2.45, 2.75) is 26.7 Å². The van der Waals surface area contributed by atoms with Crippen LogP contribution in [0.5, 0.6) is 0 Å². The van der Waals surface area contributed by atoms with Crippen LogP contribution in [0.3, 0.4) is 0 Å². The summed E-state index contributed by atoms with van der Waals surface area (Å²) in [4.78, 5) is 11.7. The first-order valence-electron chi connectivity index (χ1n) is 5.14. The van der Waals surface area contributed by atoms with Gasteiger partial charge in [-0.2, -0.15) is 5.10 Å². The largest absolute Gasteiger partial charge is 0.394 e. The first-order chi connectivity index (χ1) is 7.06. The number of nitrogens with one attached hydrogen (secondary N) is 1. The Bertz CT molecular complexity index is 326. The van der Waals surface area contributed by atoms with Crippen LogP contribution >= 0.6 is 0 Å². The van der Waals surface area contributed by atoms with E-state index in [1.807, 2.05) is 6.92 Å². The Hall–Kier alpha value is -1.52. The molecule has 1 atom stereocenters. The Labute approximate surface area is 89.6 Å². The van der Waals surface area contributed by atoms with Crippen molar-refractivity contribution >= 4 is 17.4 Å². The first kappa shape index (κ1) is 11.6. The molecule has 0 aliphatic rings. The molecule has 0 spiro atoms. The highest BCUT2D eigenvalue weighted by Gasteiger charge is 2.15. The Morgan fingerprint density at radius 3 is 2.87 bits per heavy atom. The predicted molar refractivity (Wildman–Crippen MR) is 60.3 cm³/mol. The lowest BCUT2D eigenvalue weighted by atomic mass is 10.1. The number of hydrogen-bond acceptors (Lipinski definition) is 3. The van der Waals surface area contributed by atoms with Gasteiger partial charge in [0.15, 0.2) is 5.82 Å². The molecule has 15 heavy (non-hydrogen) atoms. The minimum Gasteiger partial charge on any atom is -0.394 e. The third-order valence-electron chi connectivity index (χ3n) is 2.38. The van der Waals surface area contributed by atoms with E-state index in [2.05, 4.69) is 17.3 Å². The summed E-state index contributed by atoms with van der Waals surface area (Å²) in [6, 6.07) is 0. The lowest BCUT2D eigenvalue weighted by molar-refractivity contribution is -0.119. The number of aromatic nitrogens is 2. The van der Waals surface area contributed by atoms with Crippen molar-refractivity contribution in [2.24, 2.45) is 13.0 Å². The highest BCUT2D eigenvalue weighted by molar-refractivity contribution is 5.93. The fourth-order valence-corrected chi connectivity index (χ4v) is 1.41. The van der Waals surface area contributed by atoms with Crippen LogP contribution in [-0.2, 0) is 11.8 Å². The van der Waals surface area contributed by atoms with Crippen LogP contribution in [0.25, 0.3) is 0 Å². The molecule has 1 unspecified atom stereocenters. The molecule has 0 fully saturated rings. The summed E-state index contributed by atoms with van der Waals surface area (Å²) in [5, 5.41) is 6.73. The topological polar surface area (TPSA) is 72.9 Å². The monoisotopic (exact) mass is 210 g/mol. The smallest absolute Gasteiger partial charge is 0.228 e. The van der Waals surface area contributed by atoms with E-state index in [0.29, 0.717) is 11.5 Å². The minimum absolute atomic E-state index is 0.00398. The Balaban J connectivity index is 2.66. The summed E-state index contributed by atoms with van der Waals surface area (Å²) < 4.78 is 1.56. The summed E-state index contributed by atoms with van der Waals surface area (Å²) in [6.07, 6.45) is 3.40. The molecule has 3 N–H and O–H groups in total. The van der Waals surface area contributed by atoms with E-state index in [9.17, 15) is 4.79 Å². The Kier molecular flexibility index (Phi) is 3.71. The van der Waals surface area contributed by atoms with E-state index in [0.717, 1.165) is 12.8 Å². The fraction of sp³-hybridized carbons (Fsp3) is 0.600. The maximum absolute atomic E-state index is 11.7. The number of nitrogens with zero attached hydrogens (tertiary/aromatic N) is 2. The van der Waals surface area contributed by atoms with Gasteiger partial charge in [0.25, 0.3) is 0 Å². The van der Waals surface area contributed by atoms with Gasteiger partial charge in [0.2, 0.25) is 5.91 Å². The average molecular weight is 210 g/mol. The van der Waals surface area contributed by atoms with E-state index in [-0.39, 0.29) is 11.8 Å². The van der Waals surface area contributed by atoms with Crippen LogP contribution in [0.15, 0.2) is 6.20 Å². The molecule has 1 aromatic heterocycles. The number of nitrogen functional groups attached to an aromatic ring is 1.